The molecule has 0 amide bonds. The Morgan fingerprint density at radius 3 is 2.68 bits per heavy atom. The van der Waals surface area contributed by atoms with Crippen molar-refractivity contribution in [3.63, 3.8) is 0 Å². The van der Waals surface area contributed by atoms with Gasteiger partial charge in [0.05, 0.1) is 16.4 Å². The first-order valence-electron chi connectivity index (χ1n) is 9.26. The topological polar surface area (TPSA) is 88.0 Å². The highest BCUT2D eigenvalue weighted by molar-refractivity contribution is 5.93. The van der Waals surface area contributed by atoms with Gasteiger partial charge in [0.15, 0.2) is 5.82 Å². The molecule has 0 aliphatic heterocycles. The molecule has 2 N–H and O–H groups in total. The summed E-state index contributed by atoms with van der Waals surface area (Å²) in [5.41, 5.74) is 2.32. The number of para-hydroxylation sites is 2. The van der Waals surface area contributed by atoms with Crippen LogP contribution in [-0.4, -0.2) is 24.6 Å². The molecule has 2 aromatic carbocycles. The normalized spacial score (nSPS) is 11.5. The van der Waals surface area contributed by atoms with E-state index in [2.05, 4.69) is 32.4 Å². The molecule has 7 heteroatoms. The number of anilines is 2. The Balaban J connectivity index is 1.76. The molecule has 5 aromatic rings. The van der Waals surface area contributed by atoms with Crippen molar-refractivity contribution >= 4 is 39.2 Å². The molecular formula is C21H18N6O. The first-order valence-corrected chi connectivity index (χ1v) is 9.26. The molecule has 0 saturated heterocycles. The third-order valence-electron chi connectivity index (χ3n) is 4.77. The summed E-state index contributed by atoms with van der Waals surface area (Å²) >= 11 is 0. The van der Waals surface area contributed by atoms with E-state index in [1.807, 2.05) is 48.5 Å². The summed E-state index contributed by atoms with van der Waals surface area (Å²) in [6, 6.07) is 17.0. The van der Waals surface area contributed by atoms with Crippen LogP contribution in [0.5, 0.6) is 0 Å². The van der Waals surface area contributed by atoms with Gasteiger partial charge in [-0.3, -0.25) is 9.89 Å². The second-order valence-corrected chi connectivity index (χ2v) is 6.70. The van der Waals surface area contributed by atoms with Crippen molar-refractivity contribution in [2.24, 2.45) is 0 Å². The smallest absolute Gasteiger partial charge is 0.267 e. The molecule has 0 saturated carbocycles. The highest BCUT2D eigenvalue weighted by Crippen LogP contribution is 2.25. The predicted molar refractivity (Wildman–Crippen MR) is 110 cm³/mol. The number of aromatic amines is 1. The molecule has 0 radical (unpaired) electrons. The minimum atomic E-state index is -0.124. The van der Waals surface area contributed by atoms with Crippen LogP contribution in [0.4, 0.5) is 11.6 Å². The number of aromatic nitrogens is 5. The first-order chi connectivity index (χ1) is 13.7. The molecule has 28 heavy (non-hydrogen) atoms. The number of nitrogens with zero attached hydrogens (tertiary/aromatic N) is 4. The maximum absolute atomic E-state index is 13.1. The highest BCUT2D eigenvalue weighted by atomic mass is 16.1. The summed E-state index contributed by atoms with van der Waals surface area (Å²) in [4.78, 5) is 22.4. The van der Waals surface area contributed by atoms with Gasteiger partial charge in [-0.25, -0.2) is 9.38 Å². The molecule has 138 valence electrons. The Hall–Kier alpha value is -3.74. The molecule has 0 unspecified atom stereocenters. The lowest BCUT2D eigenvalue weighted by molar-refractivity contribution is 0.867. The van der Waals surface area contributed by atoms with Crippen LogP contribution < -0.4 is 10.9 Å². The van der Waals surface area contributed by atoms with Gasteiger partial charge >= 0.3 is 0 Å². The van der Waals surface area contributed by atoms with Crippen LogP contribution in [0.15, 0.2) is 59.4 Å². The summed E-state index contributed by atoms with van der Waals surface area (Å²) in [7, 11) is 0. The third-order valence-corrected chi connectivity index (χ3v) is 4.77. The van der Waals surface area contributed by atoms with Gasteiger partial charge in [0, 0.05) is 17.1 Å². The minimum Gasteiger partial charge on any atom is -0.323 e. The number of aryl methyl sites for hydroxylation is 1. The van der Waals surface area contributed by atoms with Crippen LogP contribution in [-0.2, 0) is 6.42 Å². The van der Waals surface area contributed by atoms with Gasteiger partial charge in [0.1, 0.15) is 5.82 Å². The fourth-order valence-corrected chi connectivity index (χ4v) is 3.48. The van der Waals surface area contributed by atoms with E-state index in [0.29, 0.717) is 28.3 Å². The van der Waals surface area contributed by atoms with Gasteiger partial charge in [-0.1, -0.05) is 37.6 Å². The molecule has 3 heterocycles. The van der Waals surface area contributed by atoms with Gasteiger partial charge in [-0.05, 0) is 30.7 Å². The zero-order chi connectivity index (χ0) is 19.1. The second-order valence-electron chi connectivity index (χ2n) is 6.70. The monoisotopic (exact) mass is 370 g/mol. The van der Waals surface area contributed by atoms with E-state index in [0.717, 1.165) is 29.4 Å². The van der Waals surface area contributed by atoms with E-state index < -0.39 is 0 Å². The predicted octanol–water partition coefficient (Wildman–Crippen LogP) is 3.82. The van der Waals surface area contributed by atoms with Crippen LogP contribution in [0.25, 0.3) is 27.6 Å². The summed E-state index contributed by atoms with van der Waals surface area (Å²) in [5, 5.41) is 12.0. The largest absolute Gasteiger partial charge is 0.323 e. The zero-order valence-corrected chi connectivity index (χ0v) is 15.3. The van der Waals surface area contributed by atoms with E-state index >= 15 is 0 Å². The average Bonchev–Trinajstić information content (AvgIpc) is 3.15. The Morgan fingerprint density at radius 2 is 1.82 bits per heavy atom. The molecule has 0 aliphatic carbocycles. The van der Waals surface area contributed by atoms with Crippen molar-refractivity contribution < 1.29 is 0 Å². The molecule has 0 bridgehead atoms. The van der Waals surface area contributed by atoms with Gasteiger partial charge < -0.3 is 5.32 Å². The van der Waals surface area contributed by atoms with E-state index in [4.69, 9.17) is 0 Å². The van der Waals surface area contributed by atoms with Crippen molar-refractivity contribution in [2.75, 3.05) is 5.32 Å². The van der Waals surface area contributed by atoms with E-state index in [-0.39, 0.29) is 5.56 Å². The van der Waals surface area contributed by atoms with Crippen molar-refractivity contribution in [1.82, 2.24) is 24.6 Å². The molecule has 0 spiro atoms. The lowest BCUT2D eigenvalue weighted by Crippen LogP contribution is -2.18. The number of H-pyrrole nitrogens is 1. The lowest BCUT2D eigenvalue weighted by atomic mass is 10.2. The lowest BCUT2D eigenvalue weighted by Gasteiger charge is -2.11. The first kappa shape index (κ1) is 16.4. The Morgan fingerprint density at radius 1 is 1.04 bits per heavy atom. The molecular weight excluding hydrogens is 352 g/mol. The fourth-order valence-electron chi connectivity index (χ4n) is 3.48. The van der Waals surface area contributed by atoms with Gasteiger partial charge in [-0.2, -0.15) is 10.1 Å². The Kier molecular flexibility index (Phi) is 3.79. The molecule has 5 rings (SSSR count). The van der Waals surface area contributed by atoms with Gasteiger partial charge in [0.2, 0.25) is 5.78 Å². The quantitative estimate of drug-likeness (QED) is 0.371. The SMILES string of the molecule is CCCc1cc(Nc2nc3nc4ccccc4c(=O)n3c3ccccc23)n[nH]1. The van der Waals surface area contributed by atoms with Gasteiger partial charge in [0.25, 0.3) is 5.56 Å². The van der Waals surface area contributed by atoms with E-state index in [1.165, 1.54) is 0 Å². The average molecular weight is 370 g/mol. The molecule has 3 aromatic heterocycles. The van der Waals surface area contributed by atoms with Crippen LogP contribution in [0.3, 0.4) is 0 Å². The Bertz CT molecular complexity index is 1380. The number of benzene rings is 2. The van der Waals surface area contributed by atoms with Crippen molar-refractivity contribution in [2.45, 2.75) is 19.8 Å². The van der Waals surface area contributed by atoms with Crippen molar-refractivity contribution in [3.8, 4) is 0 Å². The number of rotatable bonds is 4. The molecule has 0 atom stereocenters. The zero-order valence-electron chi connectivity index (χ0n) is 15.3. The second kappa shape index (κ2) is 6.45. The van der Waals surface area contributed by atoms with E-state index in [1.54, 1.807) is 10.5 Å². The molecule has 7 nitrogen and oxygen atoms in total. The van der Waals surface area contributed by atoms with Crippen molar-refractivity contribution in [3.05, 3.63) is 70.6 Å². The maximum atomic E-state index is 13.1. The fraction of sp³-hybridized carbons (Fsp3) is 0.143. The summed E-state index contributed by atoms with van der Waals surface area (Å²) in [6.07, 6.45) is 1.97. The molecule has 0 fully saturated rings. The van der Waals surface area contributed by atoms with Crippen LogP contribution >= 0.6 is 0 Å². The summed E-state index contributed by atoms with van der Waals surface area (Å²) < 4.78 is 1.57. The van der Waals surface area contributed by atoms with Crippen molar-refractivity contribution in [1.29, 1.82) is 0 Å². The van der Waals surface area contributed by atoms with Crippen LogP contribution in [0.1, 0.15) is 19.0 Å². The summed E-state index contributed by atoms with van der Waals surface area (Å²) in [6.45, 7) is 2.13. The number of hydrogen-bond donors (Lipinski definition) is 2. The standard InChI is InChI=1S/C21H18N6O/c1-2-7-13-12-18(26-25-13)23-19-15-9-4-6-11-17(15)27-20(28)14-8-3-5-10-16(14)22-21(27)24-19/h3-6,8-12H,2,7H2,1H3,(H2,22,23,24,25,26). The van der Waals surface area contributed by atoms with Crippen LogP contribution in [0.2, 0.25) is 0 Å². The number of hydrogen-bond acceptors (Lipinski definition) is 5. The molecule has 0 aliphatic rings. The minimum absolute atomic E-state index is 0.124. The van der Waals surface area contributed by atoms with Crippen LogP contribution in [0, 0.1) is 0 Å². The summed E-state index contributed by atoms with van der Waals surface area (Å²) in [5.74, 6) is 1.66. The Labute approximate surface area is 160 Å². The third kappa shape index (κ3) is 2.60. The maximum Gasteiger partial charge on any atom is 0.267 e. The number of fused-ring (bicyclic) bond motifs is 4. The van der Waals surface area contributed by atoms with E-state index in [9.17, 15) is 4.79 Å². The number of nitrogens with one attached hydrogen (secondary N) is 2. The highest BCUT2D eigenvalue weighted by Gasteiger charge is 2.14. The van der Waals surface area contributed by atoms with Gasteiger partial charge in [-0.15, -0.1) is 0 Å².